The zero-order valence-electron chi connectivity index (χ0n) is 12.5. The first-order valence-electron chi connectivity index (χ1n) is 6.81. The minimum atomic E-state index is -0.208. The van der Waals surface area contributed by atoms with Crippen LogP contribution >= 0.6 is 0 Å². The number of carbonyl (C=O) groups excluding carboxylic acids is 2. The first kappa shape index (κ1) is 16.2. The van der Waals surface area contributed by atoms with E-state index >= 15 is 0 Å². The second-order valence-corrected chi connectivity index (χ2v) is 5.34. The van der Waals surface area contributed by atoms with Crippen molar-refractivity contribution in [2.24, 2.45) is 11.8 Å². The van der Waals surface area contributed by atoms with Crippen LogP contribution in [0.1, 0.15) is 38.8 Å². The molecule has 1 aromatic carbocycles. The summed E-state index contributed by atoms with van der Waals surface area (Å²) in [5, 5.41) is 0. The number of esters is 2. The molecule has 0 saturated heterocycles. The molecule has 0 amide bonds. The molecule has 0 fully saturated rings. The van der Waals surface area contributed by atoms with E-state index in [4.69, 9.17) is 9.47 Å². The summed E-state index contributed by atoms with van der Waals surface area (Å²) in [6.45, 7) is 7.73. The summed E-state index contributed by atoms with van der Waals surface area (Å²) in [7, 11) is 0. The second kappa shape index (κ2) is 7.68. The van der Waals surface area contributed by atoms with Crippen LogP contribution in [0.2, 0.25) is 0 Å². The molecule has 0 aliphatic heterocycles. The Morgan fingerprint density at radius 1 is 0.800 bits per heavy atom. The van der Waals surface area contributed by atoms with Crippen LogP contribution in [0.5, 0.6) is 0 Å². The van der Waals surface area contributed by atoms with Crippen LogP contribution in [0.15, 0.2) is 24.3 Å². The van der Waals surface area contributed by atoms with Crippen molar-refractivity contribution in [2.75, 3.05) is 0 Å². The van der Waals surface area contributed by atoms with Gasteiger partial charge in [0.25, 0.3) is 0 Å². The quantitative estimate of drug-likeness (QED) is 0.750. The van der Waals surface area contributed by atoms with Gasteiger partial charge in [-0.3, -0.25) is 9.59 Å². The van der Waals surface area contributed by atoms with Gasteiger partial charge in [0.15, 0.2) is 0 Å². The van der Waals surface area contributed by atoms with Crippen molar-refractivity contribution in [1.29, 1.82) is 0 Å². The molecule has 0 aliphatic rings. The van der Waals surface area contributed by atoms with E-state index < -0.39 is 0 Å². The van der Waals surface area contributed by atoms with Crippen LogP contribution in [-0.4, -0.2) is 11.9 Å². The zero-order chi connectivity index (χ0) is 15.1. The summed E-state index contributed by atoms with van der Waals surface area (Å²) >= 11 is 0. The van der Waals surface area contributed by atoms with Gasteiger partial charge in [0, 0.05) is 0 Å². The van der Waals surface area contributed by atoms with Crippen molar-refractivity contribution < 1.29 is 19.1 Å². The third-order valence-corrected chi connectivity index (χ3v) is 2.73. The van der Waals surface area contributed by atoms with Crippen LogP contribution in [0.3, 0.4) is 0 Å². The minimum absolute atomic E-state index is 0.121. The van der Waals surface area contributed by atoms with Gasteiger partial charge in [0.1, 0.15) is 13.2 Å². The Labute approximate surface area is 120 Å². The van der Waals surface area contributed by atoms with Crippen LogP contribution in [-0.2, 0) is 32.3 Å². The van der Waals surface area contributed by atoms with Crippen LogP contribution < -0.4 is 0 Å². The Morgan fingerprint density at radius 3 is 1.35 bits per heavy atom. The van der Waals surface area contributed by atoms with Gasteiger partial charge < -0.3 is 9.47 Å². The van der Waals surface area contributed by atoms with Gasteiger partial charge >= 0.3 is 11.9 Å². The highest BCUT2D eigenvalue weighted by Crippen LogP contribution is 2.09. The average Bonchev–Trinajstić information content (AvgIpc) is 2.42. The van der Waals surface area contributed by atoms with Crippen LogP contribution in [0.4, 0.5) is 0 Å². The number of hydrogen-bond donors (Lipinski definition) is 0. The average molecular weight is 278 g/mol. The summed E-state index contributed by atoms with van der Waals surface area (Å²) in [5.74, 6) is -0.658. The Hall–Kier alpha value is -1.84. The SMILES string of the molecule is CC(C)C(=O)OCc1ccc(COC(=O)C(C)C)cc1. The Bertz CT molecular complexity index is 403. The van der Waals surface area contributed by atoms with E-state index in [9.17, 15) is 9.59 Å². The van der Waals surface area contributed by atoms with Gasteiger partial charge in [0.05, 0.1) is 11.8 Å². The summed E-state index contributed by atoms with van der Waals surface area (Å²) in [5.41, 5.74) is 1.83. The fraction of sp³-hybridized carbons (Fsp3) is 0.500. The highest BCUT2D eigenvalue weighted by Gasteiger charge is 2.09. The van der Waals surface area contributed by atoms with Gasteiger partial charge in [0.2, 0.25) is 0 Å². The third kappa shape index (κ3) is 5.43. The van der Waals surface area contributed by atoms with E-state index in [1.807, 2.05) is 24.3 Å². The van der Waals surface area contributed by atoms with E-state index in [1.165, 1.54) is 0 Å². The lowest BCUT2D eigenvalue weighted by molar-refractivity contribution is -0.149. The molecular formula is C16H22O4. The molecule has 0 unspecified atom stereocenters. The summed E-state index contributed by atoms with van der Waals surface area (Å²) in [6, 6.07) is 7.47. The second-order valence-electron chi connectivity index (χ2n) is 5.34. The fourth-order valence-electron chi connectivity index (χ4n) is 1.37. The highest BCUT2D eigenvalue weighted by atomic mass is 16.5. The van der Waals surface area contributed by atoms with Crippen molar-refractivity contribution in [3.63, 3.8) is 0 Å². The smallest absolute Gasteiger partial charge is 0.308 e. The first-order valence-corrected chi connectivity index (χ1v) is 6.81. The first-order chi connectivity index (χ1) is 9.40. The molecule has 4 heteroatoms. The summed E-state index contributed by atoms with van der Waals surface area (Å²) in [6.07, 6.45) is 0. The molecule has 0 spiro atoms. The monoisotopic (exact) mass is 278 g/mol. The molecular weight excluding hydrogens is 256 g/mol. The van der Waals surface area contributed by atoms with Gasteiger partial charge in [-0.15, -0.1) is 0 Å². The van der Waals surface area contributed by atoms with Crippen molar-refractivity contribution in [2.45, 2.75) is 40.9 Å². The topological polar surface area (TPSA) is 52.6 Å². The zero-order valence-corrected chi connectivity index (χ0v) is 12.5. The molecule has 0 bridgehead atoms. The number of ether oxygens (including phenoxy) is 2. The molecule has 0 atom stereocenters. The Balaban J connectivity index is 2.44. The minimum Gasteiger partial charge on any atom is -0.461 e. The predicted molar refractivity (Wildman–Crippen MR) is 75.7 cm³/mol. The Kier molecular flexibility index (Phi) is 6.22. The molecule has 1 aromatic rings. The van der Waals surface area contributed by atoms with Crippen molar-refractivity contribution in [1.82, 2.24) is 0 Å². The predicted octanol–water partition coefficient (Wildman–Crippen LogP) is 3.09. The third-order valence-electron chi connectivity index (χ3n) is 2.73. The number of rotatable bonds is 6. The fourth-order valence-corrected chi connectivity index (χ4v) is 1.37. The number of carbonyl (C=O) groups is 2. The lowest BCUT2D eigenvalue weighted by atomic mass is 10.1. The van der Waals surface area contributed by atoms with Gasteiger partial charge in [-0.05, 0) is 11.1 Å². The molecule has 1 rings (SSSR count). The maximum Gasteiger partial charge on any atom is 0.308 e. The molecule has 20 heavy (non-hydrogen) atoms. The van der Waals surface area contributed by atoms with E-state index in [1.54, 1.807) is 27.7 Å². The van der Waals surface area contributed by atoms with E-state index in [-0.39, 0.29) is 37.0 Å². The van der Waals surface area contributed by atoms with Gasteiger partial charge in [-0.25, -0.2) is 0 Å². The molecule has 0 aliphatic carbocycles. The van der Waals surface area contributed by atoms with Gasteiger partial charge in [-0.2, -0.15) is 0 Å². The molecule has 110 valence electrons. The van der Waals surface area contributed by atoms with E-state index in [0.29, 0.717) is 0 Å². The van der Waals surface area contributed by atoms with Crippen LogP contribution in [0, 0.1) is 11.8 Å². The molecule has 0 aromatic heterocycles. The molecule has 0 N–H and O–H groups in total. The summed E-state index contributed by atoms with van der Waals surface area (Å²) in [4.78, 5) is 22.7. The maximum atomic E-state index is 11.3. The standard InChI is InChI=1S/C16H22O4/c1-11(2)15(17)19-9-13-5-7-14(8-6-13)10-20-16(18)12(3)4/h5-8,11-12H,9-10H2,1-4H3. The highest BCUT2D eigenvalue weighted by molar-refractivity contribution is 5.71. The summed E-state index contributed by atoms with van der Waals surface area (Å²) < 4.78 is 10.3. The van der Waals surface area contributed by atoms with Crippen molar-refractivity contribution in [3.05, 3.63) is 35.4 Å². The van der Waals surface area contributed by atoms with Crippen LogP contribution in [0.25, 0.3) is 0 Å². The normalized spacial score (nSPS) is 10.7. The Morgan fingerprint density at radius 2 is 1.10 bits per heavy atom. The van der Waals surface area contributed by atoms with E-state index in [0.717, 1.165) is 11.1 Å². The van der Waals surface area contributed by atoms with Crippen molar-refractivity contribution >= 4 is 11.9 Å². The lowest BCUT2D eigenvalue weighted by Crippen LogP contribution is -2.12. The maximum absolute atomic E-state index is 11.3. The van der Waals surface area contributed by atoms with E-state index in [2.05, 4.69) is 0 Å². The molecule has 0 heterocycles. The molecule has 4 nitrogen and oxygen atoms in total. The largest absolute Gasteiger partial charge is 0.461 e. The number of benzene rings is 1. The van der Waals surface area contributed by atoms with Gasteiger partial charge in [-0.1, -0.05) is 52.0 Å². The number of hydrogen-bond acceptors (Lipinski definition) is 4. The molecule has 0 saturated carbocycles. The van der Waals surface area contributed by atoms with Crippen molar-refractivity contribution in [3.8, 4) is 0 Å². The molecule has 0 radical (unpaired) electrons. The lowest BCUT2D eigenvalue weighted by Gasteiger charge is -2.09.